The Labute approximate surface area is 98.4 Å². The second-order valence-corrected chi connectivity index (χ2v) is 4.73. The van der Waals surface area contributed by atoms with Crippen molar-refractivity contribution in [1.29, 1.82) is 0 Å². The van der Waals surface area contributed by atoms with Gasteiger partial charge in [-0.15, -0.1) is 0 Å². The Hall–Kier alpha value is -1.80. The summed E-state index contributed by atoms with van der Waals surface area (Å²) >= 11 is 0. The average molecular weight is 260 g/mol. The quantitative estimate of drug-likeness (QED) is 0.789. The third-order valence-electron chi connectivity index (χ3n) is 2.25. The lowest BCUT2D eigenvalue weighted by molar-refractivity contribution is 0.0982. The number of ether oxygens (including phenoxy) is 2. The third kappa shape index (κ3) is 1.81. The zero-order valence-electron chi connectivity index (χ0n) is 9.31. The highest BCUT2D eigenvalue weighted by molar-refractivity contribution is 7.90. The van der Waals surface area contributed by atoms with Crippen molar-refractivity contribution in [3.63, 3.8) is 0 Å². The average Bonchev–Trinajstić information content (AvgIpc) is 2.49. The van der Waals surface area contributed by atoms with E-state index in [0.29, 0.717) is 0 Å². The second-order valence-electron chi connectivity index (χ2n) is 3.11. The van der Waals surface area contributed by atoms with Gasteiger partial charge in [0, 0.05) is 0 Å². The molecule has 17 heavy (non-hydrogen) atoms. The summed E-state index contributed by atoms with van der Waals surface area (Å²) in [5, 5.41) is 0. The molecular weight excluding hydrogens is 248 g/mol. The summed E-state index contributed by atoms with van der Waals surface area (Å²) in [7, 11) is -1.14. The molecule has 1 aromatic carbocycles. The molecule has 0 spiro atoms. The van der Waals surface area contributed by atoms with Gasteiger partial charge in [-0.25, -0.2) is 13.1 Å². The smallest absolute Gasteiger partial charge is 0.270 e. The maximum Gasteiger partial charge on any atom is 0.270 e. The van der Waals surface area contributed by atoms with E-state index in [-0.39, 0.29) is 28.1 Å². The minimum Gasteiger partial charge on any atom is -0.496 e. The van der Waals surface area contributed by atoms with Crippen LogP contribution in [0.5, 0.6) is 11.5 Å². The molecule has 1 aromatic rings. The molecule has 1 heterocycles. The first-order valence-corrected chi connectivity index (χ1v) is 5.81. The minimum atomic E-state index is -3.83. The van der Waals surface area contributed by atoms with Gasteiger partial charge < -0.3 is 15.6 Å². The standard InChI is InChI=1S/C9H9NO5S.H3N/c1-14-5-3-4-6(15-2)8-7(5)9(11)10-16(8,12)13;/h3-4H,1-2H3,(H,10,11);1H3. The van der Waals surface area contributed by atoms with Gasteiger partial charge in [0.05, 0.1) is 14.2 Å². The van der Waals surface area contributed by atoms with Crippen LogP contribution in [0.1, 0.15) is 10.4 Å². The molecule has 1 amide bonds. The summed E-state index contributed by atoms with van der Waals surface area (Å²) in [5.41, 5.74) is -0.0122. The van der Waals surface area contributed by atoms with Crippen molar-refractivity contribution in [3.8, 4) is 11.5 Å². The molecule has 2 rings (SSSR count). The summed E-state index contributed by atoms with van der Waals surface area (Å²) in [4.78, 5) is 11.3. The normalized spacial score (nSPS) is 15.5. The molecule has 0 saturated heterocycles. The Morgan fingerprint density at radius 1 is 1.12 bits per heavy atom. The summed E-state index contributed by atoms with van der Waals surface area (Å²) in [6, 6.07) is 2.92. The van der Waals surface area contributed by atoms with E-state index in [9.17, 15) is 13.2 Å². The predicted molar refractivity (Wildman–Crippen MR) is 59.2 cm³/mol. The maximum absolute atomic E-state index is 11.6. The van der Waals surface area contributed by atoms with Crippen LogP contribution in [0.4, 0.5) is 0 Å². The molecule has 0 fully saturated rings. The van der Waals surface area contributed by atoms with Crippen LogP contribution >= 0.6 is 0 Å². The van der Waals surface area contributed by atoms with Gasteiger partial charge in [-0.05, 0) is 12.1 Å². The van der Waals surface area contributed by atoms with Crippen LogP contribution < -0.4 is 20.3 Å². The molecule has 0 unspecified atom stereocenters. The number of hydrogen-bond donors (Lipinski definition) is 2. The predicted octanol–water partition coefficient (Wildman–Crippen LogP) is 0.298. The van der Waals surface area contributed by atoms with Crippen LogP contribution in [0.25, 0.3) is 0 Å². The molecule has 8 heteroatoms. The summed E-state index contributed by atoms with van der Waals surface area (Å²) < 4.78 is 35.0. The van der Waals surface area contributed by atoms with Crippen molar-refractivity contribution in [3.05, 3.63) is 17.7 Å². The van der Waals surface area contributed by atoms with Gasteiger partial charge in [-0.3, -0.25) is 4.79 Å². The summed E-state index contributed by atoms with van der Waals surface area (Å²) in [5.74, 6) is -0.380. The van der Waals surface area contributed by atoms with E-state index >= 15 is 0 Å². The van der Waals surface area contributed by atoms with Crippen molar-refractivity contribution < 1.29 is 22.7 Å². The zero-order chi connectivity index (χ0) is 11.9. The Balaban J connectivity index is 0.00000144. The van der Waals surface area contributed by atoms with Crippen LogP contribution in [0, 0.1) is 0 Å². The number of fused-ring (bicyclic) bond motifs is 1. The molecule has 0 aromatic heterocycles. The van der Waals surface area contributed by atoms with Crippen molar-refractivity contribution >= 4 is 15.9 Å². The SMILES string of the molecule is COc1ccc(OC)c2c1C(=O)NS2(=O)=O.N. The largest absolute Gasteiger partial charge is 0.496 e. The molecule has 94 valence electrons. The van der Waals surface area contributed by atoms with Gasteiger partial charge in [0.15, 0.2) is 0 Å². The monoisotopic (exact) mass is 260 g/mol. The Kier molecular flexibility index (Phi) is 3.30. The number of rotatable bonds is 2. The van der Waals surface area contributed by atoms with E-state index in [4.69, 9.17) is 9.47 Å². The van der Waals surface area contributed by atoms with E-state index in [1.165, 1.54) is 26.4 Å². The van der Waals surface area contributed by atoms with Crippen molar-refractivity contribution in [1.82, 2.24) is 10.9 Å². The van der Waals surface area contributed by atoms with E-state index < -0.39 is 15.9 Å². The van der Waals surface area contributed by atoms with Gasteiger partial charge in [0.25, 0.3) is 15.9 Å². The highest BCUT2D eigenvalue weighted by Crippen LogP contribution is 2.37. The van der Waals surface area contributed by atoms with Gasteiger partial charge in [0.1, 0.15) is 22.0 Å². The fraction of sp³-hybridized carbons (Fsp3) is 0.222. The lowest BCUT2D eigenvalue weighted by Gasteiger charge is -2.07. The molecule has 0 saturated carbocycles. The number of hydrogen-bond acceptors (Lipinski definition) is 6. The maximum atomic E-state index is 11.6. The topological polar surface area (TPSA) is 117 Å². The number of methoxy groups -OCH3 is 2. The van der Waals surface area contributed by atoms with Gasteiger partial charge >= 0.3 is 0 Å². The molecule has 0 radical (unpaired) electrons. The third-order valence-corrected chi connectivity index (χ3v) is 3.64. The molecule has 7 nitrogen and oxygen atoms in total. The second kappa shape index (κ2) is 4.22. The van der Waals surface area contributed by atoms with Crippen LogP contribution in [0.3, 0.4) is 0 Å². The number of nitrogens with one attached hydrogen (secondary N) is 1. The highest BCUT2D eigenvalue weighted by atomic mass is 32.2. The molecule has 1 aliphatic heterocycles. The minimum absolute atomic E-state index is 0. The van der Waals surface area contributed by atoms with E-state index in [1.54, 1.807) is 0 Å². The number of benzene rings is 1. The van der Waals surface area contributed by atoms with Crippen LogP contribution in [-0.2, 0) is 10.0 Å². The molecule has 0 bridgehead atoms. The number of sulfonamides is 1. The first kappa shape index (κ1) is 13.3. The van der Waals surface area contributed by atoms with Crippen LogP contribution in [0.2, 0.25) is 0 Å². The van der Waals surface area contributed by atoms with Gasteiger partial charge in [-0.2, -0.15) is 0 Å². The van der Waals surface area contributed by atoms with Crippen LogP contribution in [0.15, 0.2) is 17.0 Å². The van der Waals surface area contributed by atoms with Crippen molar-refractivity contribution in [2.24, 2.45) is 0 Å². The first-order chi connectivity index (χ1) is 7.51. The molecule has 0 atom stereocenters. The number of carbonyl (C=O) groups excluding carboxylic acids is 1. The van der Waals surface area contributed by atoms with Crippen LogP contribution in [-0.4, -0.2) is 28.5 Å². The molecular formula is C9H12N2O5S. The molecule has 1 aliphatic rings. The highest BCUT2D eigenvalue weighted by Gasteiger charge is 2.38. The lowest BCUT2D eigenvalue weighted by atomic mass is 10.2. The van der Waals surface area contributed by atoms with Crippen molar-refractivity contribution in [2.45, 2.75) is 4.90 Å². The fourth-order valence-electron chi connectivity index (χ4n) is 1.58. The Morgan fingerprint density at radius 3 is 2.18 bits per heavy atom. The lowest BCUT2D eigenvalue weighted by Crippen LogP contribution is -2.21. The first-order valence-electron chi connectivity index (χ1n) is 4.33. The molecule has 4 N–H and O–H groups in total. The summed E-state index contributed by atoms with van der Waals surface area (Å²) in [6.45, 7) is 0. The van der Waals surface area contributed by atoms with Gasteiger partial charge in [-0.1, -0.05) is 0 Å². The Morgan fingerprint density at radius 2 is 1.65 bits per heavy atom. The number of amides is 1. The van der Waals surface area contributed by atoms with E-state index in [1.807, 2.05) is 4.72 Å². The zero-order valence-corrected chi connectivity index (χ0v) is 10.1. The van der Waals surface area contributed by atoms with E-state index in [0.717, 1.165) is 0 Å². The fourth-order valence-corrected chi connectivity index (χ4v) is 2.91. The van der Waals surface area contributed by atoms with Gasteiger partial charge in [0.2, 0.25) is 0 Å². The molecule has 0 aliphatic carbocycles. The number of carbonyl (C=O) groups is 1. The van der Waals surface area contributed by atoms with Crippen molar-refractivity contribution in [2.75, 3.05) is 14.2 Å². The van der Waals surface area contributed by atoms with E-state index in [2.05, 4.69) is 0 Å². The summed E-state index contributed by atoms with van der Waals surface area (Å²) in [6.07, 6.45) is 0. The Bertz CT molecular complexity index is 567.